The van der Waals surface area contributed by atoms with E-state index in [0.717, 1.165) is 16.8 Å². The van der Waals surface area contributed by atoms with E-state index in [2.05, 4.69) is 15.6 Å². The van der Waals surface area contributed by atoms with Gasteiger partial charge in [-0.05, 0) is 72.1 Å². The van der Waals surface area contributed by atoms with Crippen LogP contribution in [0.4, 0.5) is 15.8 Å². The van der Waals surface area contributed by atoms with E-state index in [1.54, 1.807) is 18.2 Å². The standard InChI is InChI=1S/C32H31FN6O2/c1-22-9-4-5-10-24(22)20-38(30(40)21-39-29-14-7-6-13-28(29)35-36-39)31(23-11-8-12-25(33)19-23)32(41)34-26-15-17-27(18-16-26)37(2)3/h4-19,31H,20-21H2,1-3H3,(H,34,41). The molecule has 41 heavy (non-hydrogen) atoms. The molecular weight excluding hydrogens is 519 g/mol. The number of benzene rings is 4. The molecular formula is C32H31FN6O2. The molecule has 1 heterocycles. The van der Waals surface area contributed by atoms with Crippen LogP contribution in [0.2, 0.25) is 0 Å². The first-order chi connectivity index (χ1) is 19.8. The maximum Gasteiger partial charge on any atom is 0.251 e. The summed E-state index contributed by atoms with van der Waals surface area (Å²) in [5.74, 6) is -1.32. The summed E-state index contributed by atoms with van der Waals surface area (Å²) in [5, 5.41) is 11.3. The lowest BCUT2D eigenvalue weighted by Gasteiger charge is -2.32. The molecule has 0 saturated heterocycles. The van der Waals surface area contributed by atoms with Gasteiger partial charge in [0.25, 0.3) is 5.91 Å². The fourth-order valence-electron chi connectivity index (χ4n) is 4.75. The van der Waals surface area contributed by atoms with Crippen molar-refractivity contribution in [3.63, 3.8) is 0 Å². The highest BCUT2D eigenvalue weighted by molar-refractivity contribution is 5.98. The number of nitrogens with one attached hydrogen (secondary N) is 1. The maximum atomic E-state index is 14.5. The number of amides is 2. The molecule has 9 heteroatoms. The lowest BCUT2D eigenvalue weighted by molar-refractivity contribution is -0.140. The zero-order valence-electron chi connectivity index (χ0n) is 23.2. The van der Waals surface area contributed by atoms with Gasteiger partial charge >= 0.3 is 0 Å². The molecule has 0 bridgehead atoms. The Morgan fingerprint density at radius 1 is 0.927 bits per heavy atom. The Kier molecular flexibility index (Phi) is 8.05. The highest BCUT2D eigenvalue weighted by Gasteiger charge is 2.33. The van der Waals surface area contributed by atoms with Crippen molar-refractivity contribution in [3.8, 4) is 0 Å². The van der Waals surface area contributed by atoms with Crippen molar-refractivity contribution in [2.24, 2.45) is 0 Å². The predicted octanol–water partition coefficient (Wildman–Crippen LogP) is 5.35. The second-order valence-corrected chi connectivity index (χ2v) is 10.1. The van der Waals surface area contributed by atoms with E-state index in [1.807, 2.05) is 86.6 Å². The average molecular weight is 551 g/mol. The van der Waals surface area contributed by atoms with Crippen molar-refractivity contribution >= 4 is 34.2 Å². The molecule has 1 aromatic heterocycles. The van der Waals surface area contributed by atoms with Crippen LogP contribution >= 0.6 is 0 Å². The molecule has 0 radical (unpaired) electrons. The highest BCUT2D eigenvalue weighted by atomic mass is 19.1. The van der Waals surface area contributed by atoms with Crippen LogP contribution in [0.1, 0.15) is 22.7 Å². The summed E-state index contributed by atoms with van der Waals surface area (Å²) >= 11 is 0. The van der Waals surface area contributed by atoms with Gasteiger partial charge in [-0.3, -0.25) is 9.59 Å². The quantitative estimate of drug-likeness (QED) is 0.267. The van der Waals surface area contributed by atoms with E-state index < -0.39 is 17.8 Å². The van der Waals surface area contributed by atoms with E-state index in [-0.39, 0.29) is 19.0 Å². The average Bonchev–Trinajstić information content (AvgIpc) is 3.36. The van der Waals surface area contributed by atoms with Gasteiger partial charge in [-0.2, -0.15) is 0 Å². The van der Waals surface area contributed by atoms with Gasteiger partial charge in [-0.15, -0.1) is 5.10 Å². The molecule has 0 saturated carbocycles. The number of halogens is 1. The summed E-state index contributed by atoms with van der Waals surface area (Å²) in [6.45, 7) is 1.93. The number of rotatable bonds is 9. The molecule has 0 spiro atoms. The molecule has 1 N–H and O–H groups in total. The number of fused-ring (bicyclic) bond motifs is 1. The molecule has 5 aromatic rings. The van der Waals surface area contributed by atoms with Gasteiger partial charge in [0.1, 0.15) is 23.9 Å². The molecule has 0 aliphatic carbocycles. The zero-order chi connectivity index (χ0) is 28.9. The molecule has 208 valence electrons. The molecule has 5 rings (SSSR count). The minimum atomic E-state index is -1.12. The first-order valence-corrected chi connectivity index (χ1v) is 13.3. The van der Waals surface area contributed by atoms with E-state index in [4.69, 9.17) is 0 Å². The zero-order valence-corrected chi connectivity index (χ0v) is 23.2. The van der Waals surface area contributed by atoms with Crippen molar-refractivity contribution in [2.45, 2.75) is 26.1 Å². The van der Waals surface area contributed by atoms with Crippen LogP contribution in [0, 0.1) is 12.7 Å². The van der Waals surface area contributed by atoms with Crippen molar-refractivity contribution < 1.29 is 14.0 Å². The predicted molar refractivity (Wildman–Crippen MR) is 158 cm³/mol. The Hall–Kier alpha value is -5.05. The number of hydrogen-bond donors (Lipinski definition) is 1. The molecule has 1 unspecified atom stereocenters. The number of nitrogens with zero attached hydrogens (tertiary/aromatic N) is 5. The minimum Gasteiger partial charge on any atom is -0.378 e. The fraction of sp³-hybridized carbons (Fsp3) is 0.188. The minimum absolute atomic E-state index is 0.131. The number of anilines is 2. The summed E-state index contributed by atoms with van der Waals surface area (Å²) in [4.78, 5) is 31.5. The lowest BCUT2D eigenvalue weighted by atomic mass is 10.0. The number of aromatic nitrogens is 3. The Morgan fingerprint density at radius 3 is 2.39 bits per heavy atom. The van der Waals surface area contributed by atoms with Crippen molar-refractivity contribution in [1.29, 1.82) is 0 Å². The third kappa shape index (κ3) is 6.24. The first kappa shape index (κ1) is 27.5. The van der Waals surface area contributed by atoms with E-state index >= 15 is 0 Å². The van der Waals surface area contributed by atoms with Crippen LogP contribution in [0.3, 0.4) is 0 Å². The van der Waals surface area contributed by atoms with Gasteiger partial charge in [0, 0.05) is 32.0 Å². The van der Waals surface area contributed by atoms with E-state index in [1.165, 1.54) is 27.8 Å². The number of carbonyl (C=O) groups is 2. The molecule has 4 aromatic carbocycles. The lowest BCUT2D eigenvalue weighted by Crippen LogP contribution is -2.42. The fourth-order valence-corrected chi connectivity index (χ4v) is 4.75. The molecule has 0 aliphatic rings. The van der Waals surface area contributed by atoms with Crippen LogP contribution in [0.25, 0.3) is 11.0 Å². The van der Waals surface area contributed by atoms with Crippen LogP contribution in [-0.4, -0.2) is 45.8 Å². The highest BCUT2D eigenvalue weighted by Crippen LogP contribution is 2.28. The van der Waals surface area contributed by atoms with E-state index in [9.17, 15) is 14.0 Å². The smallest absolute Gasteiger partial charge is 0.251 e. The van der Waals surface area contributed by atoms with Crippen LogP contribution in [-0.2, 0) is 22.7 Å². The number of aryl methyl sites for hydroxylation is 1. The number of carbonyl (C=O) groups excluding carboxylic acids is 2. The van der Waals surface area contributed by atoms with Crippen molar-refractivity contribution in [1.82, 2.24) is 19.9 Å². The summed E-state index contributed by atoms with van der Waals surface area (Å²) in [5.41, 5.74) is 5.09. The Morgan fingerprint density at radius 2 is 1.66 bits per heavy atom. The molecule has 0 aliphatic heterocycles. The Balaban J connectivity index is 1.55. The van der Waals surface area contributed by atoms with Gasteiger partial charge in [0.15, 0.2) is 0 Å². The van der Waals surface area contributed by atoms with Crippen LogP contribution in [0.5, 0.6) is 0 Å². The third-order valence-electron chi connectivity index (χ3n) is 7.00. The number of para-hydroxylation sites is 1. The summed E-state index contributed by atoms with van der Waals surface area (Å²) in [6, 6.07) is 27.1. The molecule has 2 amide bonds. The summed E-state index contributed by atoms with van der Waals surface area (Å²) in [6.07, 6.45) is 0. The van der Waals surface area contributed by atoms with Gasteiger partial charge in [-0.1, -0.05) is 53.7 Å². The Bertz CT molecular complexity index is 1680. The Labute approximate surface area is 238 Å². The topological polar surface area (TPSA) is 83.4 Å². The second-order valence-electron chi connectivity index (χ2n) is 10.1. The van der Waals surface area contributed by atoms with Gasteiger partial charge < -0.3 is 15.1 Å². The normalized spacial score (nSPS) is 11.7. The third-order valence-corrected chi connectivity index (χ3v) is 7.00. The van der Waals surface area contributed by atoms with Gasteiger partial charge in [-0.25, -0.2) is 9.07 Å². The van der Waals surface area contributed by atoms with E-state index in [0.29, 0.717) is 22.3 Å². The molecule has 8 nitrogen and oxygen atoms in total. The first-order valence-electron chi connectivity index (χ1n) is 13.3. The van der Waals surface area contributed by atoms with Gasteiger partial charge in [0.2, 0.25) is 5.91 Å². The molecule has 0 fully saturated rings. The largest absolute Gasteiger partial charge is 0.378 e. The molecule has 1 atom stereocenters. The summed E-state index contributed by atoms with van der Waals surface area (Å²) < 4.78 is 16.0. The van der Waals surface area contributed by atoms with Gasteiger partial charge in [0.05, 0.1) is 5.52 Å². The monoisotopic (exact) mass is 550 g/mol. The maximum absolute atomic E-state index is 14.5. The van der Waals surface area contributed by atoms with Crippen LogP contribution in [0.15, 0.2) is 97.1 Å². The van der Waals surface area contributed by atoms with Crippen molar-refractivity contribution in [2.75, 3.05) is 24.3 Å². The van der Waals surface area contributed by atoms with Crippen LogP contribution < -0.4 is 10.2 Å². The van der Waals surface area contributed by atoms with Crippen molar-refractivity contribution in [3.05, 3.63) is 120 Å². The SMILES string of the molecule is Cc1ccccc1CN(C(=O)Cn1nnc2ccccc21)C(C(=O)Nc1ccc(N(C)C)cc1)c1cccc(F)c1. The second kappa shape index (κ2) is 12.0. The summed E-state index contributed by atoms with van der Waals surface area (Å²) in [7, 11) is 3.86. The number of hydrogen-bond acceptors (Lipinski definition) is 5.